The number of β-amino-alcohol motifs (C(OH)–C–C–N with tert-alkyl or cyclic N) is 1. The Balaban J connectivity index is 1.61. The number of amides is 3. The summed E-state index contributed by atoms with van der Waals surface area (Å²) in [5.41, 5.74) is -0.412. The summed E-state index contributed by atoms with van der Waals surface area (Å²) in [6, 6.07) is 7.52. The second-order valence-electron chi connectivity index (χ2n) is 11.7. The standard InChI is InChI=1S/C33H45N3O7/c1-5-8-15-26(38)42-21-24(23-13-10-9-11-14-23)34-30(39)27-25-16-17-33(43-25)28(27)31(40)36(19-20-37)29(33)32(41)35(18-7-3)22(4)12-6-2/h5,7,9-11,13-14,22,24-25,27-29,37H,1,3,6,8,12,15-21H2,2,4H3,(H,34,39)/t22?,24-,25-,27+,28+,29-,33+/m1/s1. The lowest BCUT2D eigenvalue weighted by atomic mass is 9.70. The number of fused-ring (bicyclic) bond motifs is 1. The molecule has 3 heterocycles. The van der Waals surface area contributed by atoms with Crippen LogP contribution >= 0.6 is 0 Å². The molecule has 0 aliphatic carbocycles. The van der Waals surface area contributed by atoms with E-state index in [1.165, 1.54) is 4.90 Å². The molecule has 43 heavy (non-hydrogen) atoms. The molecule has 1 spiro atoms. The average Bonchev–Trinajstić information content (AvgIpc) is 3.64. The molecule has 0 radical (unpaired) electrons. The number of carbonyl (C=O) groups is 4. The summed E-state index contributed by atoms with van der Waals surface area (Å²) in [5, 5.41) is 12.9. The third-order valence-electron chi connectivity index (χ3n) is 9.01. The van der Waals surface area contributed by atoms with Gasteiger partial charge in [0.15, 0.2) is 0 Å². The molecule has 3 amide bonds. The number of esters is 1. The van der Waals surface area contributed by atoms with E-state index in [0.717, 1.165) is 18.4 Å². The van der Waals surface area contributed by atoms with Gasteiger partial charge in [0.05, 0.1) is 30.6 Å². The van der Waals surface area contributed by atoms with Crippen molar-refractivity contribution in [1.29, 1.82) is 0 Å². The molecule has 3 aliphatic rings. The van der Waals surface area contributed by atoms with Gasteiger partial charge in [0.25, 0.3) is 0 Å². The molecule has 0 saturated carbocycles. The van der Waals surface area contributed by atoms with Crippen LogP contribution in [0.15, 0.2) is 55.6 Å². The number of likely N-dealkylation sites (tertiary alicyclic amines) is 1. The number of aliphatic hydroxyl groups excluding tert-OH is 1. The Morgan fingerprint density at radius 1 is 1.26 bits per heavy atom. The summed E-state index contributed by atoms with van der Waals surface area (Å²) in [7, 11) is 0. The highest BCUT2D eigenvalue weighted by Gasteiger charge is 2.74. The van der Waals surface area contributed by atoms with Crippen molar-refractivity contribution >= 4 is 23.7 Å². The summed E-state index contributed by atoms with van der Waals surface area (Å²) in [6.45, 7) is 11.4. The van der Waals surface area contributed by atoms with Gasteiger partial charge in [-0.25, -0.2) is 0 Å². The molecule has 3 saturated heterocycles. The SMILES string of the molecule is C=CCCC(=O)OC[C@@H](NC(=O)[C@@H]1[C@H]2C(=O)N(CCO)[C@H](C(=O)N(CC=C)C(C)CCC)[C@]23CC[C@H]1O3)c1ccccc1. The lowest BCUT2D eigenvalue weighted by molar-refractivity contribution is -0.150. The van der Waals surface area contributed by atoms with Crippen molar-refractivity contribution in [2.24, 2.45) is 11.8 Å². The fourth-order valence-electron chi connectivity index (χ4n) is 7.08. The fourth-order valence-corrected chi connectivity index (χ4v) is 7.08. The van der Waals surface area contributed by atoms with E-state index in [2.05, 4.69) is 25.4 Å². The first-order chi connectivity index (χ1) is 20.7. The van der Waals surface area contributed by atoms with E-state index < -0.39 is 41.6 Å². The minimum atomic E-state index is -1.17. The minimum Gasteiger partial charge on any atom is -0.463 e. The highest BCUT2D eigenvalue weighted by Crippen LogP contribution is 2.58. The topological polar surface area (TPSA) is 125 Å². The van der Waals surface area contributed by atoms with Crippen molar-refractivity contribution < 1.29 is 33.8 Å². The van der Waals surface area contributed by atoms with Gasteiger partial charge in [0, 0.05) is 25.6 Å². The summed E-state index contributed by atoms with van der Waals surface area (Å²) >= 11 is 0. The monoisotopic (exact) mass is 595 g/mol. The van der Waals surface area contributed by atoms with Crippen LogP contribution < -0.4 is 5.32 Å². The molecule has 3 aliphatic heterocycles. The maximum Gasteiger partial charge on any atom is 0.306 e. The first-order valence-electron chi connectivity index (χ1n) is 15.4. The number of carbonyl (C=O) groups excluding carboxylic acids is 4. The largest absolute Gasteiger partial charge is 0.463 e. The van der Waals surface area contributed by atoms with Gasteiger partial charge < -0.3 is 29.7 Å². The molecule has 1 aromatic carbocycles. The number of allylic oxidation sites excluding steroid dienone is 1. The Morgan fingerprint density at radius 2 is 2.00 bits per heavy atom. The minimum absolute atomic E-state index is 0.0345. The quantitative estimate of drug-likeness (QED) is 0.222. The van der Waals surface area contributed by atoms with Crippen molar-refractivity contribution in [2.45, 2.75) is 82.2 Å². The molecule has 4 rings (SSSR count). The Bertz CT molecular complexity index is 1190. The van der Waals surface area contributed by atoms with Gasteiger partial charge in [-0.3, -0.25) is 19.2 Å². The van der Waals surface area contributed by atoms with Crippen molar-refractivity contribution in [1.82, 2.24) is 15.1 Å². The van der Waals surface area contributed by atoms with Crippen LogP contribution in [0.4, 0.5) is 0 Å². The number of nitrogens with zero attached hydrogens (tertiary/aromatic N) is 2. The van der Waals surface area contributed by atoms with E-state index >= 15 is 0 Å². The lowest BCUT2D eigenvalue weighted by Crippen LogP contribution is -2.58. The zero-order valence-corrected chi connectivity index (χ0v) is 25.3. The third-order valence-corrected chi connectivity index (χ3v) is 9.01. The van der Waals surface area contributed by atoms with Gasteiger partial charge in [-0.2, -0.15) is 0 Å². The Kier molecular flexibility index (Phi) is 10.8. The Morgan fingerprint density at radius 3 is 2.65 bits per heavy atom. The highest BCUT2D eigenvalue weighted by molar-refractivity contribution is 5.99. The molecule has 1 aromatic rings. The normalized spacial score (nSPS) is 26.9. The summed E-state index contributed by atoms with van der Waals surface area (Å²) in [6.07, 6.45) is 6.10. The maximum absolute atomic E-state index is 14.2. The summed E-state index contributed by atoms with van der Waals surface area (Å²) < 4.78 is 12.0. The molecule has 2 N–H and O–H groups in total. The zero-order chi connectivity index (χ0) is 31.1. The number of benzene rings is 1. The van der Waals surface area contributed by atoms with Gasteiger partial charge >= 0.3 is 5.97 Å². The van der Waals surface area contributed by atoms with Crippen molar-refractivity contribution in [2.75, 3.05) is 26.3 Å². The van der Waals surface area contributed by atoms with E-state index in [4.69, 9.17) is 9.47 Å². The molecule has 234 valence electrons. The molecule has 3 fully saturated rings. The number of hydrogen-bond acceptors (Lipinski definition) is 7. The first-order valence-corrected chi connectivity index (χ1v) is 15.4. The van der Waals surface area contributed by atoms with Crippen LogP contribution in [0.25, 0.3) is 0 Å². The van der Waals surface area contributed by atoms with E-state index in [1.807, 2.05) is 37.3 Å². The van der Waals surface area contributed by atoms with E-state index in [0.29, 0.717) is 25.8 Å². The zero-order valence-electron chi connectivity index (χ0n) is 25.3. The number of rotatable bonds is 16. The fraction of sp³-hybridized carbons (Fsp3) is 0.576. The maximum atomic E-state index is 14.2. The number of hydrogen-bond donors (Lipinski definition) is 2. The van der Waals surface area contributed by atoms with Crippen molar-refractivity contribution in [3.05, 3.63) is 61.2 Å². The van der Waals surface area contributed by atoms with E-state index in [9.17, 15) is 24.3 Å². The molecule has 1 unspecified atom stereocenters. The molecule has 10 nitrogen and oxygen atoms in total. The van der Waals surface area contributed by atoms with E-state index in [-0.39, 0.29) is 49.9 Å². The molecular weight excluding hydrogens is 550 g/mol. The number of ether oxygens (including phenoxy) is 2. The van der Waals surface area contributed by atoms with Crippen molar-refractivity contribution in [3.63, 3.8) is 0 Å². The van der Waals surface area contributed by atoms with Crippen LogP contribution in [0.1, 0.15) is 64.0 Å². The molecular formula is C33H45N3O7. The van der Waals surface area contributed by atoms with Crippen LogP contribution in [0.3, 0.4) is 0 Å². The second kappa shape index (κ2) is 14.3. The predicted molar refractivity (Wildman–Crippen MR) is 160 cm³/mol. The van der Waals surface area contributed by atoms with Gasteiger partial charge in [-0.05, 0) is 38.2 Å². The lowest BCUT2D eigenvalue weighted by Gasteiger charge is -2.38. The average molecular weight is 596 g/mol. The van der Waals surface area contributed by atoms with Crippen LogP contribution in [0.2, 0.25) is 0 Å². The van der Waals surface area contributed by atoms with Crippen LogP contribution in [0, 0.1) is 11.8 Å². The molecule has 7 atom stereocenters. The van der Waals surface area contributed by atoms with Gasteiger partial charge in [0.1, 0.15) is 18.2 Å². The van der Waals surface area contributed by atoms with Crippen LogP contribution in [0.5, 0.6) is 0 Å². The predicted octanol–water partition coefficient (Wildman–Crippen LogP) is 2.92. The molecule has 0 aromatic heterocycles. The van der Waals surface area contributed by atoms with E-state index in [1.54, 1.807) is 17.1 Å². The van der Waals surface area contributed by atoms with Crippen LogP contribution in [-0.2, 0) is 28.7 Å². The van der Waals surface area contributed by atoms with Gasteiger partial charge in [0.2, 0.25) is 17.7 Å². The Hall–Kier alpha value is -3.50. The van der Waals surface area contributed by atoms with Crippen LogP contribution in [-0.4, -0.2) is 88.7 Å². The van der Waals surface area contributed by atoms with Crippen molar-refractivity contribution in [3.8, 4) is 0 Å². The van der Waals surface area contributed by atoms with Gasteiger partial charge in [-0.15, -0.1) is 13.2 Å². The molecule has 10 heteroatoms. The highest BCUT2D eigenvalue weighted by atomic mass is 16.5. The van der Waals surface area contributed by atoms with Gasteiger partial charge in [-0.1, -0.05) is 55.8 Å². The second-order valence-corrected chi connectivity index (χ2v) is 11.7. The summed E-state index contributed by atoms with van der Waals surface area (Å²) in [5.74, 6) is -3.09. The molecule has 2 bridgehead atoms. The first kappa shape index (κ1) is 32.4. The summed E-state index contributed by atoms with van der Waals surface area (Å²) in [4.78, 5) is 57.7. The Labute approximate surface area is 254 Å². The third kappa shape index (κ3) is 6.40. The number of aliphatic hydroxyl groups is 1. The number of nitrogens with one attached hydrogen (secondary N) is 1. The smallest absolute Gasteiger partial charge is 0.306 e.